The minimum Gasteiger partial charge on any atom is -0.465 e. The van der Waals surface area contributed by atoms with E-state index in [0.717, 1.165) is 11.3 Å². The predicted octanol–water partition coefficient (Wildman–Crippen LogP) is 2.03. The molecular weight excluding hydrogens is 268 g/mol. The van der Waals surface area contributed by atoms with Gasteiger partial charge in [-0.1, -0.05) is 18.2 Å². The highest BCUT2D eigenvalue weighted by Crippen LogP contribution is 2.18. The van der Waals surface area contributed by atoms with Crippen LogP contribution in [0.2, 0.25) is 0 Å². The second-order valence-electron chi connectivity index (χ2n) is 4.25. The molecule has 0 spiro atoms. The maximum Gasteiger partial charge on any atom is 0.337 e. The van der Waals surface area contributed by atoms with Crippen LogP contribution in [0.1, 0.15) is 16.1 Å². The first kappa shape index (κ1) is 14.5. The molecule has 1 aromatic heterocycles. The van der Waals surface area contributed by atoms with Crippen LogP contribution in [0.4, 0.5) is 0 Å². The highest BCUT2D eigenvalue weighted by Gasteiger charge is 2.06. The van der Waals surface area contributed by atoms with Gasteiger partial charge in [-0.25, -0.2) is 9.78 Å². The number of carbonyl (C=O) groups excluding carboxylic acids is 2. The average molecular weight is 282 g/mol. The lowest BCUT2D eigenvalue weighted by Crippen LogP contribution is -2.05. The fourth-order valence-electron chi connectivity index (χ4n) is 1.77. The van der Waals surface area contributed by atoms with E-state index in [1.54, 1.807) is 36.4 Å². The van der Waals surface area contributed by atoms with Gasteiger partial charge in [-0.05, 0) is 30.3 Å². The number of rotatable bonds is 4. The summed E-state index contributed by atoms with van der Waals surface area (Å²) in [6.45, 7) is 0. The van der Waals surface area contributed by atoms with Gasteiger partial charge in [-0.3, -0.25) is 4.79 Å². The standard InChI is InChI=1S/C16H14N2O3/c1-21-16(20)12-7-5-11(6-8-12)14-4-2-3-13(18-14)9-10-15(17)19/h2-10H,1H3,(H2,17,19)/b10-9-. The molecule has 106 valence electrons. The van der Waals surface area contributed by atoms with Gasteiger partial charge in [0.15, 0.2) is 0 Å². The maximum atomic E-state index is 11.4. The Morgan fingerprint density at radius 2 is 1.86 bits per heavy atom. The van der Waals surface area contributed by atoms with E-state index in [-0.39, 0.29) is 5.97 Å². The van der Waals surface area contributed by atoms with Gasteiger partial charge in [0.1, 0.15) is 0 Å². The third-order valence-electron chi connectivity index (χ3n) is 2.79. The number of ether oxygens (including phenoxy) is 1. The zero-order valence-electron chi connectivity index (χ0n) is 11.4. The Hall–Kier alpha value is -2.95. The third-order valence-corrected chi connectivity index (χ3v) is 2.79. The van der Waals surface area contributed by atoms with Crippen molar-refractivity contribution < 1.29 is 14.3 Å². The summed E-state index contributed by atoms with van der Waals surface area (Å²) in [5.41, 5.74) is 7.75. The first-order valence-corrected chi connectivity index (χ1v) is 6.23. The van der Waals surface area contributed by atoms with E-state index >= 15 is 0 Å². The van der Waals surface area contributed by atoms with Gasteiger partial charge >= 0.3 is 5.97 Å². The molecular formula is C16H14N2O3. The summed E-state index contributed by atoms with van der Waals surface area (Å²) in [5, 5.41) is 0. The lowest BCUT2D eigenvalue weighted by molar-refractivity contribution is -0.113. The van der Waals surface area contributed by atoms with E-state index < -0.39 is 5.91 Å². The van der Waals surface area contributed by atoms with Crippen molar-refractivity contribution >= 4 is 18.0 Å². The van der Waals surface area contributed by atoms with Crippen molar-refractivity contribution in [2.45, 2.75) is 0 Å². The summed E-state index contributed by atoms with van der Waals surface area (Å²) in [4.78, 5) is 26.5. The molecule has 0 aliphatic rings. The van der Waals surface area contributed by atoms with Gasteiger partial charge in [0.2, 0.25) is 5.91 Å². The number of hydrogen-bond acceptors (Lipinski definition) is 4. The van der Waals surface area contributed by atoms with Gasteiger partial charge in [0.05, 0.1) is 24.1 Å². The Morgan fingerprint density at radius 3 is 2.48 bits per heavy atom. The summed E-state index contributed by atoms with van der Waals surface area (Å²) in [6.07, 6.45) is 2.81. The molecule has 0 fully saturated rings. The van der Waals surface area contributed by atoms with Crippen molar-refractivity contribution in [2.75, 3.05) is 7.11 Å². The predicted molar refractivity (Wildman–Crippen MR) is 79.2 cm³/mol. The number of hydrogen-bond donors (Lipinski definition) is 1. The molecule has 0 atom stereocenters. The highest BCUT2D eigenvalue weighted by atomic mass is 16.5. The van der Waals surface area contributed by atoms with Crippen molar-refractivity contribution in [3.63, 3.8) is 0 Å². The number of primary amides is 1. The minimum absolute atomic E-state index is 0.382. The van der Waals surface area contributed by atoms with Gasteiger partial charge in [0, 0.05) is 11.6 Å². The lowest BCUT2D eigenvalue weighted by atomic mass is 10.1. The number of aromatic nitrogens is 1. The Labute approximate surface area is 122 Å². The van der Waals surface area contributed by atoms with Crippen LogP contribution in [0, 0.1) is 0 Å². The normalized spacial score (nSPS) is 10.5. The van der Waals surface area contributed by atoms with Crippen molar-refractivity contribution in [3.8, 4) is 11.3 Å². The van der Waals surface area contributed by atoms with Crippen LogP contribution < -0.4 is 5.73 Å². The van der Waals surface area contributed by atoms with Crippen LogP contribution in [-0.4, -0.2) is 24.0 Å². The molecule has 0 bridgehead atoms. The summed E-state index contributed by atoms with van der Waals surface area (Å²) in [5.74, 6) is -0.905. The molecule has 0 saturated heterocycles. The molecule has 0 saturated carbocycles. The molecule has 0 unspecified atom stereocenters. The minimum atomic E-state index is -0.523. The van der Waals surface area contributed by atoms with E-state index in [9.17, 15) is 9.59 Å². The molecule has 5 heteroatoms. The number of nitrogens with zero attached hydrogens (tertiary/aromatic N) is 1. The number of benzene rings is 1. The average Bonchev–Trinajstić information content (AvgIpc) is 2.52. The van der Waals surface area contributed by atoms with Gasteiger partial charge in [-0.15, -0.1) is 0 Å². The molecule has 1 amide bonds. The number of methoxy groups -OCH3 is 1. The van der Waals surface area contributed by atoms with Crippen LogP contribution in [-0.2, 0) is 9.53 Å². The Morgan fingerprint density at radius 1 is 1.14 bits per heavy atom. The van der Waals surface area contributed by atoms with Crippen LogP contribution in [0.5, 0.6) is 0 Å². The molecule has 1 heterocycles. The van der Waals surface area contributed by atoms with Crippen molar-refractivity contribution in [2.24, 2.45) is 5.73 Å². The molecule has 5 nitrogen and oxygen atoms in total. The van der Waals surface area contributed by atoms with Crippen LogP contribution in [0.3, 0.4) is 0 Å². The molecule has 2 aromatic rings. The van der Waals surface area contributed by atoms with E-state index in [1.165, 1.54) is 13.2 Å². The van der Waals surface area contributed by atoms with Gasteiger partial charge < -0.3 is 10.5 Å². The number of pyridine rings is 1. The highest BCUT2D eigenvalue weighted by molar-refractivity contribution is 5.90. The number of carbonyl (C=O) groups is 2. The van der Waals surface area contributed by atoms with E-state index in [2.05, 4.69) is 9.72 Å². The van der Waals surface area contributed by atoms with Crippen LogP contribution >= 0.6 is 0 Å². The number of nitrogens with two attached hydrogens (primary N) is 1. The molecule has 0 aliphatic heterocycles. The van der Waals surface area contributed by atoms with Crippen molar-refractivity contribution in [1.29, 1.82) is 0 Å². The number of esters is 1. The third kappa shape index (κ3) is 3.76. The largest absolute Gasteiger partial charge is 0.465 e. The number of amides is 1. The topological polar surface area (TPSA) is 82.3 Å². The van der Waals surface area contributed by atoms with Crippen LogP contribution in [0.15, 0.2) is 48.5 Å². The van der Waals surface area contributed by atoms with Crippen molar-refractivity contribution in [1.82, 2.24) is 4.98 Å². The molecule has 21 heavy (non-hydrogen) atoms. The Bertz CT molecular complexity index is 691. The second kappa shape index (κ2) is 6.47. The Balaban J connectivity index is 2.27. The molecule has 0 aliphatic carbocycles. The summed E-state index contributed by atoms with van der Waals surface area (Å²) in [6, 6.07) is 12.4. The quantitative estimate of drug-likeness (QED) is 0.687. The summed E-state index contributed by atoms with van der Waals surface area (Å²) < 4.78 is 4.65. The molecule has 2 rings (SSSR count). The SMILES string of the molecule is COC(=O)c1ccc(-c2cccc(/C=C\C(N)=O)n2)cc1. The van der Waals surface area contributed by atoms with Gasteiger partial charge in [-0.2, -0.15) is 0 Å². The zero-order valence-corrected chi connectivity index (χ0v) is 11.4. The smallest absolute Gasteiger partial charge is 0.337 e. The van der Waals surface area contributed by atoms with Crippen molar-refractivity contribution in [3.05, 3.63) is 59.8 Å². The fraction of sp³-hybridized carbons (Fsp3) is 0.0625. The first-order valence-electron chi connectivity index (χ1n) is 6.23. The van der Waals surface area contributed by atoms with E-state index in [1.807, 2.05) is 12.1 Å². The van der Waals surface area contributed by atoms with E-state index in [0.29, 0.717) is 11.3 Å². The second-order valence-corrected chi connectivity index (χ2v) is 4.25. The van der Waals surface area contributed by atoms with Crippen LogP contribution in [0.25, 0.3) is 17.3 Å². The molecule has 0 radical (unpaired) electrons. The zero-order chi connectivity index (χ0) is 15.2. The maximum absolute atomic E-state index is 11.4. The van der Waals surface area contributed by atoms with Gasteiger partial charge in [0.25, 0.3) is 0 Å². The van der Waals surface area contributed by atoms with E-state index in [4.69, 9.17) is 5.73 Å². The summed E-state index contributed by atoms with van der Waals surface area (Å²) in [7, 11) is 1.34. The monoisotopic (exact) mass is 282 g/mol. The molecule has 1 aromatic carbocycles. The fourth-order valence-corrected chi connectivity index (χ4v) is 1.77. The summed E-state index contributed by atoms with van der Waals surface area (Å²) >= 11 is 0. The lowest BCUT2D eigenvalue weighted by Gasteiger charge is -2.04. The molecule has 2 N–H and O–H groups in total. The Kier molecular flexibility index (Phi) is 4.46. The first-order chi connectivity index (χ1) is 10.1.